The lowest BCUT2D eigenvalue weighted by atomic mass is 10.1. The molecule has 2 rings (SSSR count). The number of hydrogen-bond donors (Lipinski definition) is 1. The molecule has 162 valence electrons. The summed E-state index contributed by atoms with van der Waals surface area (Å²) in [6.07, 6.45) is 1.32. The number of halogens is 2. The van der Waals surface area contributed by atoms with Crippen molar-refractivity contribution in [2.45, 2.75) is 45.0 Å². The van der Waals surface area contributed by atoms with Crippen molar-refractivity contribution < 1.29 is 14.0 Å². The number of nitrogens with zero attached hydrogens (tertiary/aromatic N) is 1. The lowest BCUT2D eigenvalue weighted by Crippen LogP contribution is -2.49. The summed E-state index contributed by atoms with van der Waals surface area (Å²) in [6, 6.07) is 13.0. The van der Waals surface area contributed by atoms with Gasteiger partial charge in [-0.15, -0.1) is 11.8 Å². The molecule has 0 saturated heterocycles. The molecule has 2 aromatic carbocycles. The van der Waals surface area contributed by atoms with E-state index in [9.17, 15) is 14.0 Å². The smallest absolute Gasteiger partial charge is 0.242 e. The molecule has 0 aliphatic rings. The second-order valence-corrected chi connectivity index (χ2v) is 8.41. The van der Waals surface area contributed by atoms with E-state index >= 15 is 0 Å². The van der Waals surface area contributed by atoms with Crippen LogP contribution in [0.2, 0.25) is 5.02 Å². The second kappa shape index (κ2) is 12.6. The molecule has 0 fully saturated rings. The molecule has 0 bridgehead atoms. The number of carbonyl (C=O) groups excluding carboxylic acids is 2. The number of nitrogens with one attached hydrogen (secondary N) is 1. The quantitative estimate of drug-likeness (QED) is 0.521. The Morgan fingerprint density at radius 2 is 1.87 bits per heavy atom. The Balaban J connectivity index is 2.10. The molecule has 2 aromatic rings. The van der Waals surface area contributed by atoms with Gasteiger partial charge in [0.1, 0.15) is 11.9 Å². The van der Waals surface area contributed by atoms with Gasteiger partial charge in [0.25, 0.3) is 0 Å². The first-order valence-corrected chi connectivity index (χ1v) is 11.6. The standard InChI is InChI=1S/C23H28ClFN2O2S/c1-3-12-26-23(29)21(4-2)27(14-17-8-10-20(25)11-9-17)22(28)16-30-15-18-6-5-7-19(24)13-18/h5-11,13,21H,3-4,12,14-16H2,1-2H3,(H,26,29). The third kappa shape index (κ3) is 7.65. The van der Waals surface area contributed by atoms with Gasteiger partial charge in [-0.1, -0.05) is 49.7 Å². The first-order chi connectivity index (χ1) is 14.4. The number of amides is 2. The summed E-state index contributed by atoms with van der Waals surface area (Å²) in [5.74, 6) is 0.279. The number of carbonyl (C=O) groups is 2. The summed E-state index contributed by atoms with van der Waals surface area (Å²) in [6.45, 7) is 4.70. The van der Waals surface area contributed by atoms with Crippen LogP contribution in [0.25, 0.3) is 0 Å². The number of benzene rings is 2. The minimum absolute atomic E-state index is 0.121. The fourth-order valence-electron chi connectivity index (χ4n) is 3.04. The average Bonchev–Trinajstić information content (AvgIpc) is 2.73. The minimum atomic E-state index is -0.569. The highest BCUT2D eigenvalue weighted by Gasteiger charge is 2.28. The van der Waals surface area contributed by atoms with Crippen LogP contribution in [0.1, 0.15) is 37.8 Å². The normalized spacial score (nSPS) is 11.7. The predicted molar refractivity (Wildman–Crippen MR) is 122 cm³/mol. The van der Waals surface area contributed by atoms with E-state index < -0.39 is 6.04 Å². The highest BCUT2D eigenvalue weighted by atomic mass is 35.5. The maximum atomic E-state index is 13.3. The van der Waals surface area contributed by atoms with E-state index in [-0.39, 0.29) is 29.9 Å². The van der Waals surface area contributed by atoms with Gasteiger partial charge < -0.3 is 10.2 Å². The maximum Gasteiger partial charge on any atom is 0.242 e. The van der Waals surface area contributed by atoms with Crippen LogP contribution in [0.4, 0.5) is 4.39 Å². The van der Waals surface area contributed by atoms with Crippen LogP contribution in [0.5, 0.6) is 0 Å². The zero-order valence-corrected chi connectivity index (χ0v) is 18.9. The van der Waals surface area contributed by atoms with Crippen molar-refractivity contribution in [3.8, 4) is 0 Å². The van der Waals surface area contributed by atoms with Gasteiger partial charge >= 0.3 is 0 Å². The summed E-state index contributed by atoms with van der Waals surface area (Å²) in [5.41, 5.74) is 1.82. The fourth-order valence-corrected chi connectivity index (χ4v) is 4.11. The largest absolute Gasteiger partial charge is 0.354 e. The van der Waals surface area contributed by atoms with E-state index in [4.69, 9.17) is 11.6 Å². The molecular formula is C23H28ClFN2O2S. The third-order valence-corrected chi connectivity index (χ3v) is 5.81. The summed E-state index contributed by atoms with van der Waals surface area (Å²) in [5, 5.41) is 3.55. The topological polar surface area (TPSA) is 49.4 Å². The predicted octanol–water partition coefficient (Wildman–Crippen LogP) is 5.05. The molecule has 0 aromatic heterocycles. The van der Waals surface area contributed by atoms with Gasteiger partial charge in [0.2, 0.25) is 11.8 Å². The van der Waals surface area contributed by atoms with E-state index in [1.54, 1.807) is 17.0 Å². The van der Waals surface area contributed by atoms with E-state index in [1.807, 2.05) is 38.1 Å². The van der Waals surface area contributed by atoms with Crippen molar-refractivity contribution in [2.75, 3.05) is 12.3 Å². The van der Waals surface area contributed by atoms with Crippen LogP contribution in [0.3, 0.4) is 0 Å². The SMILES string of the molecule is CCCNC(=O)C(CC)N(Cc1ccc(F)cc1)C(=O)CSCc1cccc(Cl)c1. The average molecular weight is 451 g/mol. The van der Waals surface area contributed by atoms with E-state index in [2.05, 4.69) is 5.32 Å². The maximum absolute atomic E-state index is 13.3. The van der Waals surface area contributed by atoms with Crippen LogP contribution in [0, 0.1) is 5.82 Å². The first kappa shape index (κ1) is 24.2. The van der Waals surface area contributed by atoms with Crippen LogP contribution in [0.15, 0.2) is 48.5 Å². The lowest BCUT2D eigenvalue weighted by Gasteiger charge is -2.30. The van der Waals surface area contributed by atoms with E-state index in [0.29, 0.717) is 23.7 Å². The van der Waals surface area contributed by atoms with Crippen molar-refractivity contribution in [2.24, 2.45) is 0 Å². The minimum Gasteiger partial charge on any atom is -0.354 e. The first-order valence-electron chi connectivity index (χ1n) is 10.1. The summed E-state index contributed by atoms with van der Waals surface area (Å²) in [7, 11) is 0. The van der Waals surface area contributed by atoms with Crippen LogP contribution < -0.4 is 5.32 Å². The van der Waals surface area contributed by atoms with Crippen molar-refractivity contribution in [3.05, 3.63) is 70.5 Å². The number of rotatable bonds is 11. The molecule has 0 spiro atoms. The van der Waals surface area contributed by atoms with Crippen molar-refractivity contribution >= 4 is 35.2 Å². The highest BCUT2D eigenvalue weighted by Crippen LogP contribution is 2.19. The molecule has 0 heterocycles. The lowest BCUT2D eigenvalue weighted by molar-refractivity contribution is -0.139. The molecule has 1 N–H and O–H groups in total. The Morgan fingerprint density at radius 3 is 2.50 bits per heavy atom. The zero-order chi connectivity index (χ0) is 21.9. The molecule has 30 heavy (non-hydrogen) atoms. The van der Waals surface area contributed by atoms with Gasteiger partial charge in [-0.2, -0.15) is 0 Å². The molecule has 1 unspecified atom stereocenters. The molecule has 0 radical (unpaired) electrons. The van der Waals surface area contributed by atoms with E-state index in [0.717, 1.165) is 17.5 Å². The zero-order valence-electron chi connectivity index (χ0n) is 17.4. The number of hydrogen-bond acceptors (Lipinski definition) is 3. The van der Waals surface area contributed by atoms with Crippen LogP contribution in [-0.2, 0) is 21.9 Å². The summed E-state index contributed by atoms with van der Waals surface area (Å²) >= 11 is 7.50. The van der Waals surface area contributed by atoms with E-state index in [1.165, 1.54) is 23.9 Å². The van der Waals surface area contributed by atoms with Gasteiger partial charge in [-0.25, -0.2) is 4.39 Å². The summed E-state index contributed by atoms with van der Waals surface area (Å²) < 4.78 is 13.3. The molecule has 0 aliphatic carbocycles. The van der Waals surface area contributed by atoms with Gasteiger partial charge in [0, 0.05) is 23.9 Å². The second-order valence-electron chi connectivity index (χ2n) is 6.99. The molecule has 2 amide bonds. The highest BCUT2D eigenvalue weighted by molar-refractivity contribution is 7.99. The van der Waals surface area contributed by atoms with Crippen molar-refractivity contribution in [1.82, 2.24) is 10.2 Å². The van der Waals surface area contributed by atoms with Gasteiger partial charge in [0.05, 0.1) is 5.75 Å². The van der Waals surface area contributed by atoms with Crippen LogP contribution >= 0.6 is 23.4 Å². The van der Waals surface area contributed by atoms with Gasteiger partial charge in [-0.05, 0) is 48.2 Å². The van der Waals surface area contributed by atoms with Crippen molar-refractivity contribution in [1.29, 1.82) is 0 Å². The van der Waals surface area contributed by atoms with Crippen molar-refractivity contribution in [3.63, 3.8) is 0 Å². The molecule has 1 atom stereocenters. The van der Waals surface area contributed by atoms with Gasteiger partial charge in [0.15, 0.2) is 0 Å². The molecule has 7 heteroatoms. The molecular weight excluding hydrogens is 423 g/mol. The Hall–Kier alpha value is -2.05. The number of thioether (sulfide) groups is 1. The Kier molecular flexibility index (Phi) is 10.2. The Labute approximate surface area is 187 Å². The van der Waals surface area contributed by atoms with Gasteiger partial charge in [-0.3, -0.25) is 9.59 Å². The third-order valence-electron chi connectivity index (χ3n) is 4.58. The summed E-state index contributed by atoms with van der Waals surface area (Å²) in [4.78, 5) is 27.3. The Bertz CT molecular complexity index is 832. The monoisotopic (exact) mass is 450 g/mol. The van der Waals surface area contributed by atoms with Crippen LogP contribution in [-0.4, -0.2) is 35.1 Å². The molecule has 0 aliphatic heterocycles. The molecule has 0 saturated carbocycles. The molecule has 4 nitrogen and oxygen atoms in total. The Morgan fingerprint density at radius 1 is 1.13 bits per heavy atom. The fraction of sp³-hybridized carbons (Fsp3) is 0.391.